The van der Waals surface area contributed by atoms with Crippen LogP contribution in [0.4, 0.5) is 0 Å². The smallest absolute Gasteiger partial charge is 0.337 e. The van der Waals surface area contributed by atoms with Gasteiger partial charge in [-0.05, 0) is 60.7 Å². The van der Waals surface area contributed by atoms with E-state index in [4.69, 9.17) is 0 Å². The minimum absolute atomic E-state index is 0.164. The molecule has 0 radical (unpaired) electrons. The van der Waals surface area contributed by atoms with E-state index in [1.54, 1.807) is 24.3 Å². The first-order chi connectivity index (χ1) is 13.5. The van der Waals surface area contributed by atoms with Crippen LogP contribution in [0.2, 0.25) is 0 Å². The van der Waals surface area contributed by atoms with Gasteiger partial charge in [0.15, 0.2) is 0 Å². The van der Waals surface area contributed by atoms with Crippen LogP contribution in [0, 0.1) is 5.92 Å². The lowest BCUT2D eigenvalue weighted by molar-refractivity contribution is 0.0600. The summed E-state index contributed by atoms with van der Waals surface area (Å²) >= 11 is 0. The topological polar surface area (TPSA) is 58.6 Å². The van der Waals surface area contributed by atoms with Crippen molar-refractivity contribution < 1.29 is 14.3 Å². The average molecular weight is 380 g/mol. The summed E-state index contributed by atoms with van der Waals surface area (Å²) in [6, 6.07) is 14.9. The van der Waals surface area contributed by atoms with E-state index in [-0.39, 0.29) is 5.91 Å². The van der Waals surface area contributed by atoms with Crippen molar-refractivity contribution in [2.24, 2.45) is 5.92 Å². The summed E-state index contributed by atoms with van der Waals surface area (Å²) in [5.74, 6) is 0.207. The van der Waals surface area contributed by atoms with Gasteiger partial charge in [-0.15, -0.1) is 0 Å². The summed E-state index contributed by atoms with van der Waals surface area (Å²) in [7, 11) is 1.33. The predicted octanol–water partition coefficient (Wildman–Crippen LogP) is 3.64. The molecule has 28 heavy (non-hydrogen) atoms. The molecule has 2 aromatic rings. The average Bonchev–Trinajstić information content (AvgIpc) is 2.72. The minimum atomic E-state index is -0.411. The number of nitrogens with zero attached hydrogens (tertiary/aromatic N) is 1. The molecule has 5 nitrogen and oxygen atoms in total. The molecule has 1 aliphatic rings. The summed E-state index contributed by atoms with van der Waals surface area (Å²) in [5, 5.41) is 2.92. The molecule has 1 heterocycles. The van der Waals surface area contributed by atoms with Crippen molar-refractivity contribution in [2.75, 3.05) is 20.2 Å². The van der Waals surface area contributed by atoms with Crippen LogP contribution in [0.15, 0.2) is 48.5 Å². The van der Waals surface area contributed by atoms with E-state index in [1.165, 1.54) is 38.6 Å². The van der Waals surface area contributed by atoms with Gasteiger partial charge in [-0.2, -0.15) is 0 Å². The van der Waals surface area contributed by atoms with E-state index in [2.05, 4.69) is 46.1 Å². The monoisotopic (exact) mass is 380 g/mol. The Kier molecular flexibility index (Phi) is 6.82. The lowest BCUT2D eigenvalue weighted by Crippen LogP contribution is -2.33. The van der Waals surface area contributed by atoms with Gasteiger partial charge in [-0.3, -0.25) is 9.69 Å². The highest BCUT2D eigenvalue weighted by atomic mass is 16.5. The van der Waals surface area contributed by atoms with E-state index in [0.29, 0.717) is 17.7 Å². The van der Waals surface area contributed by atoms with Crippen molar-refractivity contribution in [3.63, 3.8) is 0 Å². The second-order valence-electron chi connectivity index (χ2n) is 7.55. The highest BCUT2D eigenvalue weighted by molar-refractivity contribution is 5.96. The van der Waals surface area contributed by atoms with Crippen LogP contribution in [0.3, 0.4) is 0 Å². The number of likely N-dealkylation sites (tertiary alicyclic amines) is 1. The Balaban J connectivity index is 1.50. The molecule has 1 atom stereocenters. The van der Waals surface area contributed by atoms with Gasteiger partial charge in [-0.25, -0.2) is 4.79 Å². The van der Waals surface area contributed by atoms with E-state index in [9.17, 15) is 9.59 Å². The number of carbonyl (C=O) groups excluding carboxylic acids is 2. The molecular weight excluding hydrogens is 352 g/mol. The molecule has 0 aliphatic carbocycles. The highest BCUT2D eigenvalue weighted by Crippen LogP contribution is 2.18. The number of piperidine rings is 1. The fourth-order valence-corrected chi connectivity index (χ4v) is 3.61. The van der Waals surface area contributed by atoms with Crippen LogP contribution < -0.4 is 5.32 Å². The molecule has 1 saturated heterocycles. The predicted molar refractivity (Wildman–Crippen MR) is 109 cm³/mol. The third kappa shape index (κ3) is 5.42. The van der Waals surface area contributed by atoms with Gasteiger partial charge in [0.1, 0.15) is 0 Å². The van der Waals surface area contributed by atoms with Gasteiger partial charge in [0.05, 0.1) is 12.7 Å². The highest BCUT2D eigenvalue weighted by Gasteiger charge is 2.16. The van der Waals surface area contributed by atoms with Crippen LogP contribution in [0.1, 0.15) is 51.6 Å². The van der Waals surface area contributed by atoms with Gasteiger partial charge in [-0.1, -0.05) is 31.2 Å². The number of amides is 1. The Morgan fingerprint density at radius 2 is 1.68 bits per heavy atom. The number of nitrogens with one attached hydrogen (secondary N) is 1. The van der Waals surface area contributed by atoms with E-state index >= 15 is 0 Å². The molecule has 3 rings (SSSR count). The fraction of sp³-hybridized carbons (Fsp3) is 0.391. The summed E-state index contributed by atoms with van der Waals surface area (Å²) in [5.41, 5.74) is 3.32. The number of hydrogen-bond donors (Lipinski definition) is 1. The number of benzene rings is 2. The van der Waals surface area contributed by atoms with Crippen molar-refractivity contribution >= 4 is 11.9 Å². The SMILES string of the molecule is COC(=O)c1ccc(C(=O)NCc2ccc(CN3CCCC(C)C3)cc2)cc1. The van der Waals surface area contributed by atoms with Crippen molar-refractivity contribution in [1.82, 2.24) is 10.2 Å². The molecule has 148 valence electrons. The van der Waals surface area contributed by atoms with Gasteiger partial charge < -0.3 is 10.1 Å². The molecule has 2 aromatic carbocycles. The van der Waals surface area contributed by atoms with Gasteiger partial charge in [0, 0.05) is 25.2 Å². The van der Waals surface area contributed by atoms with Gasteiger partial charge in [0.25, 0.3) is 5.91 Å². The zero-order valence-corrected chi connectivity index (χ0v) is 16.6. The van der Waals surface area contributed by atoms with Crippen LogP contribution in [0.25, 0.3) is 0 Å². The lowest BCUT2D eigenvalue weighted by atomic mass is 9.99. The molecule has 0 saturated carbocycles. The third-order valence-corrected chi connectivity index (χ3v) is 5.19. The summed E-state index contributed by atoms with van der Waals surface area (Å²) in [6.45, 7) is 6.13. The number of ether oxygens (including phenoxy) is 1. The number of esters is 1. The van der Waals surface area contributed by atoms with E-state index in [0.717, 1.165) is 18.0 Å². The van der Waals surface area contributed by atoms with Crippen molar-refractivity contribution in [3.05, 3.63) is 70.8 Å². The molecule has 1 fully saturated rings. The molecule has 1 N–H and O–H groups in total. The maximum Gasteiger partial charge on any atom is 0.337 e. The molecule has 0 bridgehead atoms. The largest absolute Gasteiger partial charge is 0.465 e. The van der Waals surface area contributed by atoms with Crippen LogP contribution in [-0.4, -0.2) is 37.0 Å². The first-order valence-corrected chi connectivity index (χ1v) is 9.82. The second-order valence-corrected chi connectivity index (χ2v) is 7.55. The molecule has 5 heteroatoms. The molecular formula is C23H28N2O3. The van der Waals surface area contributed by atoms with Crippen LogP contribution in [0.5, 0.6) is 0 Å². The lowest BCUT2D eigenvalue weighted by Gasteiger charge is -2.30. The summed E-state index contributed by atoms with van der Waals surface area (Å²) in [6.07, 6.45) is 2.62. The quantitative estimate of drug-likeness (QED) is 0.778. The van der Waals surface area contributed by atoms with Gasteiger partial charge >= 0.3 is 5.97 Å². The first kappa shape index (κ1) is 20.1. The molecule has 0 aromatic heterocycles. The molecule has 1 unspecified atom stereocenters. The van der Waals surface area contributed by atoms with E-state index in [1.807, 2.05) is 0 Å². The Morgan fingerprint density at radius 1 is 1.04 bits per heavy atom. The fourth-order valence-electron chi connectivity index (χ4n) is 3.61. The number of carbonyl (C=O) groups is 2. The summed E-state index contributed by atoms with van der Waals surface area (Å²) < 4.78 is 4.66. The molecule has 1 amide bonds. The number of methoxy groups -OCH3 is 1. The second kappa shape index (κ2) is 9.51. The zero-order valence-electron chi connectivity index (χ0n) is 16.6. The Hall–Kier alpha value is -2.66. The van der Waals surface area contributed by atoms with E-state index < -0.39 is 5.97 Å². The van der Waals surface area contributed by atoms with Crippen molar-refractivity contribution in [3.8, 4) is 0 Å². The molecule has 0 spiro atoms. The number of hydrogen-bond acceptors (Lipinski definition) is 4. The number of rotatable bonds is 6. The Bertz CT molecular complexity index is 800. The standard InChI is InChI=1S/C23H28N2O3/c1-17-4-3-13-25(15-17)16-19-7-5-18(6-8-19)14-24-22(26)20-9-11-21(12-10-20)23(27)28-2/h5-12,17H,3-4,13-16H2,1-2H3,(H,24,26). The molecule has 1 aliphatic heterocycles. The van der Waals surface area contributed by atoms with Crippen LogP contribution >= 0.6 is 0 Å². The maximum atomic E-state index is 12.3. The minimum Gasteiger partial charge on any atom is -0.465 e. The van der Waals surface area contributed by atoms with Crippen LogP contribution in [-0.2, 0) is 17.8 Å². The first-order valence-electron chi connectivity index (χ1n) is 9.82. The zero-order chi connectivity index (χ0) is 19.9. The third-order valence-electron chi connectivity index (χ3n) is 5.19. The van der Waals surface area contributed by atoms with Crippen molar-refractivity contribution in [1.29, 1.82) is 0 Å². The summed E-state index contributed by atoms with van der Waals surface area (Å²) in [4.78, 5) is 26.3. The normalized spacial score (nSPS) is 17.1. The Labute approximate surface area is 166 Å². The maximum absolute atomic E-state index is 12.3. The Morgan fingerprint density at radius 3 is 2.32 bits per heavy atom. The van der Waals surface area contributed by atoms with Gasteiger partial charge in [0.2, 0.25) is 0 Å². The van der Waals surface area contributed by atoms with Crippen molar-refractivity contribution in [2.45, 2.75) is 32.9 Å².